The highest BCUT2D eigenvalue weighted by atomic mass is 35.5. The Morgan fingerprint density at radius 2 is 2.00 bits per heavy atom. The summed E-state index contributed by atoms with van der Waals surface area (Å²) < 4.78 is 11.5. The lowest BCUT2D eigenvalue weighted by Gasteiger charge is -2.44. The van der Waals surface area contributed by atoms with Crippen LogP contribution in [-0.4, -0.2) is 54.3 Å². The summed E-state index contributed by atoms with van der Waals surface area (Å²) in [7, 11) is 0. The predicted octanol–water partition coefficient (Wildman–Crippen LogP) is 3.42. The van der Waals surface area contributed by atoms with Crippen molar-refractivity contribution in [1.29, 1.82) is 0 Å². The molecular formula is C20H21ClN2O3. The zero-order valence-electron chi connectivity index (χ0n) is 14.5. The fraction of sp³-hybridized carbons (Fsp3) is 0.400. The highest BCUT2D eigenvalue weighted by molar-refractivity contribution is 6.34. The largest absolute Gasteiger partial charge is 0.381 e. The summed E-state index contributed by atoms with van der Waals surface area (Å²) in [4.78, 5) is 19.4. The number of carbonyl (C=O) groups excluding carboxylic acids is 1. The number of rotatable bonds is 2. The maximum Gasteiger partial charge on any atom is 0.255 e. The highest BCUT2D eigenvalue weighted by Crippen LogP contribution is 2.31. The Labute approximate surface area is 157 Å². The number of aromatic nitrogens is 1. The van der Waals surface area contributed by atoms with Gasteiger partial charge in [0.15, 0.2) is 0 Å². The number of hydrogen-bond acceptors (Lipinski definition) is 4. The topological polar surface area (TPSA) is 51.7 Å². The SMILES string of the molecule is O=C(c1cc(-c2ccccn2)ccc1Cl)N1CCOC2(CCOCC2)C1. The third kappa shape index (κ3) is 3.47. The fourth-order valence-corrected chi connectivity index (χ4v) is 3.81. The van der Waals surface area contributed by atoms with Crippen molar-refractivity contribution in [3.63, 3.8) is 0 Å². The first-order valence-electron chi connectivity index (χ1n) is 8.89. The third-order valence-electron chi connectivity index (χ3n) is 5.10. The molecule has 2 fully saturated rings. The second-order valence-electron chi connectivity index (χ2n) is 6.78. The Balaban J connectivity index is 1.59. The maximum absolute atomic E-state index is 13.2. The minimum atomic E-state index is -0.281. The van der Waals surface area contributed by atoms with Crippen molar-refractivity contribution >= 4 is 17.5 Å². The highest BCUT2D eigenvalue weighted by Gasteiger charge is 2.40. The van der Waals surface area contributed by atoms with E-state index in [4.69, 9.17) is 21.1 Å². The Morgan fingerprint density at radius 1 is 1.15 bits per heavy atom. The minimum Gasteiger partial charge on any atom is -0.381 e. The van der Waals surface area contributed by atoms with Crippen molar-refractivity contribution in [2.24, 2.45) is 0 Å². The van der Waals surface area contributed by atoms with Crippen LogP contribution in [0.25, 0.3) is 11.3 Å². The van der Waals surface area contributed by atoms with Crippen LogP contribution in [0.4, 0.5) is 0 Å². The summed E-state index contributed by atoms with van der Waals surface area (Å²) in [5, 5.41) is 0.460. The van der Waals surface area contributed by atoms with E-state index >= 15 is 0 Å². The van der Waals surface area contributed by atoms with Crippen LogP contribution in [0.5, 0.6) is 0 Å². The molecule has 0 aliphatic carbocycles. The second-order valence-corrected chi connectivity index (χ2v) is 7.19. The lowest BCUT2D eigenvalue weighted by molar-refractivity contribution is -0.146. The van der Waals surface area contributed by atoms with E-state index in [0.29, 0.717) is 43.5 Å². The molecule has 0 saturated carbocycles. The summed E-state index contributed by atoms with van der Waals surface area (Å²) in [6, 6.07) is 11.2. The van der Waals surface area contributed by atoms with Gasteiger partial charge in [-0.05, 0) is 24.3 Å². The molecule has 2 saturated heterocycles. The normalized spacial score (nSPS) is 19.5. The summed E-state index contributed by atoms with van der Waals surface area (Å²) in [6.45, 7) is 3.06. The van der Waals surface area contributed by atoms with E-state index < -0.39 is 0 Å². The lowest BCUT2D eigenvalue weighted by Crippen LogP contribution is -2.55. The van der Waals surface area contributed by atoms with Crippen LogP contribution in [0.15, 0.2) is 42.6 Å². The first kappa shape index (κ1) is 17.5. The number of hydrogen-bond donors (Lipinski definition) is 0. The van der Waals surface area contributed by atoms with Gasteiger partial charge in [-0.25, -0.2) is 0 Å². The third-order valence-corrected chi connectivity index (χ3v) is 5.43. The second kappa shape index (κ2) is 7.35. The van der Waals surface area contributed by atoms with E-state index in [2.05, 4.69) is 4.98 Å². The first-order chi connectivity index (χ1) is 12.7. The van der Waals surface area contributed by atoms with E-state index in [1.54, 1.807) is 12.3 Å². The van der Waals surface area contributed by atoms with Gasteiger partial charge >= 0.3 is 0 Å². The van der Waals surface area contributed by atoms with Gasteiger partial charge in [0.05, 0.1) is 35.0 Å². The van der Waals surface area contributed by atoms with Gasteiger partial charge in [0, 0.05) is 44.4 Å². The van der Waals surface area contributed by atoms with Crippen LogP contribution in [0.3, 0.4) is 0 Å². The van der Waals surface area contributed by atoms with Gasteiger partial charge in [-0.15, -0.1) is 0 Å². The molecule has 1 aromatic heterocycles. The number of carbonyl (C=O) groups is 1. The zero-order chi connectivity index (χ0) is 18.0. The van der Waals surface area contributed by atoms with E-state index in [9.17, 15) is 4.79 Å². The van der Waals surface area contributed by atoms with Crippen LogP contribution in [0.2, 0.25) is 5.02 Å². The van der Waals surface area contributed by atoms with Crippen LogP contribution < -0.4 is 0 Å². The molecular weight excluding hydrogens is 352 g/mol. The molecule has 0 atom stereocenters. The predicted molar refractivity (Wildman–Crippen MR) is 99.3 cm³/mol. The monoisotopic (exact) mass is 372 g/mol. The van der Waals surface area contributed by atoms with Crippen LogP contribution in [-0.2, 0) is 9.47 Å². The molecule has 136 valence electrons. The quantitative estimate of drug-likeness (QED) is 0.810. The van der Waals surface area contributed by atoms with Crippen LogP contribution >= 0.6 is 11.6 Å². The number of halogens is 1. The van der Waals surface area contributed by atoms with Crippen molar-refractivity contribution in [2.75, 3.05) is 32.9 Å². The number of amides is 1. The van der Waals surface area contributed by atoms with Crippen LogP contribution in [0.1, 0.15) is 23.2 Å². The van der Waals surface area contributed by atoms with E-state index in [0.717, 1.165) is 24.1 Å². The Bertz CT molecular complexity index is 785. The molecule has 26 heavy (non-hydrogen) atoms. The number of ether oxygens (including phenoxy) is 2. The molecule has 5 nitrogen and oxygen atoms in total. The number of benzene rings is 1. The van der Waals surface area contributed by atoms with E-state index in [-0.39, 0.29) is 11.5 Å². The fourth-order valence-electron chi connectivity index (χ4n) is 3.62. The van der Waals surface area contributed by atoms with Crippen molar-refractivity contribution in [3.05, 3.63) is 53.2 Å². The van der Waals surface area contributed by atoms with Crippen molar-refractivity contribution in [2.45, 2.75) is 18.4 Å². The molecule has 2 aliphatic heterocycles. The average Bonchev–Trinajstić information content (AvgIpc) is 2.69. The average molecular weight is 373 g/mol. The Kier molecular flexibility index (Phi) is 4.94. The molecule has 0 radical (unpaired) electrons. The molecule has 0 N–H and O–H groups in total. The van der Waals surface area contributed by atoms with Gasteiger partial charge in [0.1, 0.15) is 0 Å². The lowest BCUT2D eigenvalue weighted by atomic mass is 9.91. The molecule has 2 aliphatic rings. The minimum absolute atomic E-state index is 0.0538. The molecule has 3 heterocycles. The summed E-state index contributed by atoms with van der Waals surface area (Å²) in [5.74, 6) is -0.0538. The number of morpholine rings is 1. The van der Waals surface area contributed by atoms with E-state index in [1.807, 2.05) is 35.2 Å². The van der Waals surface area contributed by atoms with Crippen molar-refractivity contribution < 1.29 is 14.3 Å². The molecule has 1 amide bonds. The molecule has 0 unspecified atom stereocenters. The standard InChI is InChI=1S/C20H21ClN2O3/c21-17-5-4-15(18-3-1-2-8-22-18)13-16(17)19(24)23-9-12-26-20(14-23)6-10-25-11-7-20/h1-5,8,13H,6-7,9-12,14H2. The van der Waals surface area contributed by atoms with Gasteiger partial charge in [0.25, 0.3) is 5.91 Å². The van der Waals surface area contributed by atoms with E-state index in [1.165, 1.54) is 0 Å². The van der Waals surface area contributed by atoms with Crippen LogP contribution in [0, 0.1) is 0 Å². The summed E-state index contributed by atoms with van der Waals surface area (Å²) >= 11 is 6.36. The van der Waals surface area contributed by atoms with Gasteiger partial charge in [-0.2, -0.15) is 0 Å². The van der Waals surface area contributed by atoms with Gasteiger partial charge in [-0.1, -0.05) is 23.7 Å². The molecule has 1 spiro atoms. The summed E-state index contributed by atoms with van der Waals surface area (Å²) in [6.07, 6.45) is 3.37. The molecule has 2 aromatic rings. The Hall–Kier alpha value is -1.95. The number of pyridine rings is 1. The molecule has 4 rings (SSSR count). The maximum atomic E-state index is 13.2. The van der Waals surface area contributed by atoms with Gasteiger partial charge in [-0.3, -0.25) is 9.78 Å². The summed E-state index contributed by atoms with van der Waals surface area (Å²) in [5.41, 5.74) is 1.93. The zero-order valence-corrected chi connectivity index (χ0v) is 15.2. The molecule has 0 bridgehead atoms. The number of nitrogens with zero attached hydrogens (tertiary/aromatic N) is 2. The Morgan fingerprint density at radius 3 is 2.77 bits per heavy atom. The molecule has 1 aromatic carbocycles. The smallest absolute Gasteiger partial charge is 0.255 e. The first-order valence-corrected chi connectivity index (χ1v) is 9.27. The molecule has 6 heteroatoms. The van der Waals surface area contributed by atoms with Gasteiger partial charge < -0.3 is 14.4 Å². The van der Waals surface area contributed by atoms with Crippen molar-refractivity contribution in [3.8, 4) is 11.3 Å². The van der Waals surface area contributed by atoms with Gasteiger partial charge in [0.2, 0.25) is 0 Å². The van der Waals surface area contributed by atoms with Crippen molar-refractivity contribution in [1.82, 2.24) is 9.88 Å².